The molecule has 0 bridgehead atoms. The molecule has 0 spiro atoms. The van der Waals surface area contributed by atoms with E-state index in [4.69, 9.17) is 0 Å². The van der Waals surface area contributed by atoms with Crippen LogP contribution < -0.4 is 0 Å². The van der Waals surface area contributed by atoms with E-state index in [1.165, 1.54) is 12.8 Å². The van der Waals surface area contributed by atoms with Gasteiger partial charge in [0.15, 0.2) is 0 Å². The third-order valence-corrected chi connectivity index (χ3v) is 2.80. The van der Waals surface area contributed by atoms with Crippen LogP contribution in [0.2, 0.25) is 0 Å². The molecule has 0 aromatic rings. The highest BCUT2D eigenvalue weighted by molar-refractivity contribution is 8.03. The molecule has 1 heterocycles. The van der Waals surface area contributed by atoms with E-state index in [9.17, 15) is 0 Å². The Morgan fingerprint density at radius 3 is 2.89 bits per heavy atom. The van der Waals surface area contributed by atoms with Gasteiger partial charge in [-0.2, -0.15) is 0 Å². The van der Waals surface area contributed by atoms with Crippen LogP contribution in [-0.2, 0) is 0 Å². The molecule has 0 aromatic heterocycles. The molecule has 0 radical (unpaired) electrons. The summed E-state index contributed by atoms with van der Waals surface area (Å²) in [5, 5.41) is 2.79. The van der Waals surface area contributed by atoms with Crippen molar-refractivity contribution in [2.45, 2.75) is 18.1 Å². The number of hydrogen-bond donors (Lipinski definition) is 0. The van der Waals surface area contributed by atoms with Gasteiger partial charge in [0.05, 0.1) is 0 Å². The third kappa shape index (κ3) is 1.18. The van der Waals surface area contributed by atoms with Crippen LogP contribution in [0, 0.1) is 5.92 Å². The van der Waals surface area contributed by atoms with Crippen LogP contribution in [0.5, 0.6) is 0 Å². The van der Waals surface area contributed by atoms with Crippen LogP contribution in [0.4, 0.5) is 0 Å². The molecular weight excluding hydrogens is 130 g/mol. The second kappa shape index (κ2) is 2.18. The summed E-state index contributed by atoms with van der Waals surface area (Å²) in [5.41, 5.74) is 0. The van der Waals surface area contributed by atoms with E-state index >= 15 is 0 Å². The fraction of sp³-hybridized carbons (Fsp3) is 0.571. The maximum atomic E-state index is 4.09. The summed E-state index contributed by atoms with van der Waals surface area (Å²) in [6.45, 7) is 0. The molecule has 9 heavy (non-hydrogen) atoms. The Morgan fingerprint density at radius 2 is 2.33 bits per heavy atom. The minimum atomic E-state index is 0.704. The Bertz CT molecular complexity index is 158. The second-order valence-corrected chi connectivity index (χ2v) is 3.61. The summed E-state index contributed by atoms with van der Waals surface area (Å²) < 4.78 is 0. The molecule has 1 aliphatic heterocycles. The average molecular weight is 139 g/mol. The standard InChI is InChI=1S/C7H9NS/c1-2-6(1)7-5-8-3-4-9-7/h3-7H,1-2H2. The van der Waals surface area contributed by atoms with E-state index in [-0.39, 0.29) is 0 Å². The van der Waals surface area contributed by atoms with Crippen molar-refractivity contribution < 1.29 is 0 Å². The zero-order chi connectivity index (χ0) is 6.10. The predicted molar refractivity (Wildman–Crippen MR) is 41.7 cm³/mol. The number of thioether (sulfide) groups is 1. The Labute approximate surface area is 59.2 Å². The summed E-state index contributed by atoms with van der Waals surface area (Å²) >= 11 is 1.90. The molecule has 0 amide bonds. The fourth-order valence-electron chi connectivity index (χ4n) is 0.988. The van der Waals surface area contributed by atoms with Gasteiger partial charge in [0.2, 0.25) is 0 Å². The molecule has 1 fully saturated rings. The van der Waals surface area contributed by atoms with E-state index < -0.39 is 0 Å². The Balaban J connectivity index is 1.98. The molecule has 0 saturated heterocycles. The van der Waals surface area contributed by atoms with E-state index in [1.807, 2.05) is 18.0 Å². The van der Waals surface area contributed by atoms with Crippen LogP contribution in [0.1, 0.15) is 12.8 Å². The summed E-state index contributed by atoms with van der Waals surface area (Å²) in [5.74, 6) is 0.948. The van der Waals surface area contributed by atoms with Gasteiger partial charge in [-0.05, 0) is 24.2 Å². The third-order valence-electron chi connectivity index (χ3n) is 1.70. The first-order chi connectivity index (χ1) is 4.47. The maximum absolute atomic E-state index is 4.09. The molecule has 1 nitrogen and oxygen atoms in total. The SMILES string of the molecule is C1=CSC(C2CC2)C=N1. The highest BCUT2D eigenvalue weighted by atomic mass is 32.2. The fourth-order valence-corrected chi connectivity index (χ4v) is 1.95. The van der Waals surface area contributed by atoms with Gasteiger partial charge < -0.3 is 0 Å². The zero-order valence-electron chi connectivity index (χ0n) is 5.16. The molecule has 1 saturated carbocycles. The van der Waals surface area contributed by atoms with Gasteiger partial charge in [-0.15, -0.1) is 11.8 Å². The van der Waals surface area contributed by atoms with Crippen molar-refractivity contribution >= 4 is 18.0 Å². The van der Waals surface area contributed by atoms with Crippen molar-refractivity contribution in [2.75, 3.05) is 0 Å². The molecule has 1 atom stereocenters. The lowest BCUT2D eigenvalue weighted by atomic mass is 10.3. The highest BCUT2D eigenvalue weighted by Gasteiger charge is 2.30. The van der Waals surface area contributed by atoms with Gasteiger partial charge in [0.25, 0.3) is 0 Å². The van der Waals surface area contributed by atoms with Crippen molar-refractivity contribution in [3.8, 4) is 0 Å². The number of rotatable bonds is 1. The molecule has 1 unspecified atom stereocenters. The van der Waals surface area contributed by atoms with Crippen LogP contribution in [-0.4, -0.2) is 11.5 Å². The quantitative estimate of drug-likeness (QED) is 0.541. The average Bonchev–Trinajstić information content (AvgIpc) is 2.71. The van der Waals surface area contributed by atoms with Crippen molar-refractivity contribution in [1.82, 2.24) is 0 Å². The molecule has 48 valence electrons. The van der Waals surface area contributed by atoms with Crippen LogP contribution in [0.3, 0.4) is 0 Å². The van der Waals surface area contributed by atoms with Gasteiger partial charge in [-0.3, -0.25) is 4.99 Å². The molecule has 1 aliphatic carbocycles. The van der Waals surface area contributed by atoms with Crippen molar-refractivity contribution in [2.24, 2.45) is 10.9 Å². The van der Waals surface area contributed by atoms with E-state index in [1.54, 1.807) is 0 Å². The summed E-state index contributed by atoms with van der Waals surface area (Å²) in [6, 6.07) is 0. The Kier molecular flexibility index (Phi) is 1.34. The van der Waals surface area contributed by atoms with Gasteiger partial charge in [-0.25, -0.2) is 0 Å². The lowest BCUT2D eigenvalue weighted by molar-refractivity contribution is 0.925. The Hall–Kier alpha value is -0.240. The monoisotopic (exact) mass is 139 g/mol. The summed E-state index contributed by atoms with van der Waals surface area (Å²) in [7, 11) is 0. The number of aliphatic imine (C=N–C) groups is 1. The number of hydrogen-bond acceptors (Lipinski definition) is 2. The first kappa shape index (κ1) is 5.54. The lowest BCUT2D eigenvalue weighted by Crippen LogP contribution is -2.06. The van der Waals surface area contributed by atoms with E-state index in [2.05, 4.69) is 16.6 Å². The molecule has 0 aromatic carbocycles. The Morgan fingerprint density at radius 1 is 1.44 bits per heavy atom. The first-order valence-corrected chi connectivity index (χ1v) is 4.25. The van der Waals surface area contributed by atoms with Crippen LogP contribution in [0.25, 0.3) is 0 Å². The van der Waals surface area contributed by atoms with E-state index in [0.717, 1.165) is 5.92 Å². The summed E-state index contributed by atoms with van der Waals surface area (Å²) in [6.07, 6.45) is 6.76. The minimum Gasteiger partial charge on any atom is -0.267 e. The van der Waals surface area contributed by atoms with Crippen LogP contribution >= 0.6 is 11.8 Å². The van der Waals surface area contributed by atoms with Gasteiger partial charge in [0, 0.05) is 17.7 Å². The molecule has 0 N–H and O–H groups in total. The van der Waals surface area contributed by atoms with Crippen molar-refractivity contribution in [3.63, 3.8) is 0 Å². The number of nitrogens with zero attached hydrogens (tertiary/aromatic N) is 1. The molecule has 2 rings (SSSR count). The van der Waals surface area contributed by atoms with E-state index in [0.29, 0.717) is 5.25 Å². The first-order valence-electron chi connectivity index (χ1n) is 3.30. The summed E-state index contributed by atoms with van der Waals surface area (Å²) in [4.78, 5) is 4.09. The zero-order valence-corrected chi connectivity index (χ0v) is 5.97. The lowest BCUT2D eigenvalue weighted by Gasteiger charge is -2.08. The predicted octanol–water partition coefficient (Wildman–Crippen LogP) is 2.05. The second-order valence-electron chi connectivity index (χ2n) is 2.52. The van der Waals surface area contributed by atoms with Crippen molar-refractivity contribution in [1.29, 1.82) is 0 Å². The highest BCUT2D eigenvalue weighted by Crippen LogP contribution is 2.39. The maximum Gasteiger partial charge on any atom is 0.0470 e. The molecule has 2 heteroatoms. The van der Waals surface area contributed by atoms with Crippen molar-refractivity contribution in [3.05, 3.63) is 11.6 Å². The van der Waals surface area contributed by atoms with Crippen LogP contribution in [0.15, 0.2) is 16.6 Å². The molecule has 2 aliphatic rings. The smallest absolute Gasteiger partial charge is 0.0470 e. The minimum absolute atomic E-state index is 0.704. The normalized spacial score (nSPS) is 33.1. The van der Waals surface area contributed by atoms with Gasteiger partial charge in [0.1, 0.15) is 0 Å². The topological polar surface area (TPSA) is 12.4 Å². The largest absolute Gasteiger partial charge is 0.267 e. The van der Waals surface area contributed by atoms with Gasteiger partial charge >= 0.3 is 0 Å². The van der Waals surface area contributed by atoms with Gasteiger partial charge in [-0.1, -0.05) is 0 Å². The molecular formula is C7H9NS.